The van der Waals surface area contributed by atoms with Crippen LogP contribution in [0.3, 0.4) is 0 Å². The molecule has 0 bridgehead atoms. The Balaban J connectivity index is 2.00. The van der Waals surface area contributed by atoms with E-state index in [1.54, 1.807) is 0 Å². The molecule has 0 aromatic heterocycles. The number of aliphatic hydroxyl groups is 2. The lowest BCUT2D eigenvalue weighted by Gasteiger charge is -2.29. The summed E-state index contributed by atoms with van der Waals surface area (Å²) in [5, 5.41) is 20.1. The van der Waals surface area contributed by atoms with E-state index in [0.29, 0.717) is 13.2 Å². The Kier molecular flexibility index (Phi) is 8.59. The number of ether oxygens (including phenoxy) is 3. The van der Waals surface area contributed by atoms with Crippen LogP contribution < -0.4 is 0 Å². The van der Waals surface area contributed by atoms with Crippen LogP contribution in [0.5, 0.6) is 0 Å². The molecule has 2 aromatic carbocycles. The smallest absolute Gasteiger partial charge is 0.114 e. The number of benzene rings is 2. The van der Waals surface area contributed by atoms with Crippen LogP contribution in [-0.4, -0.2) is 48.8 Å². The summed E-state index contributed by atoms with van der Waals surface area (Å²) >= 11 is 0. The van der Waals surface area contributed by atoms with Crippen LogP contribution in [0.2, 0.25) is 0 Å². The Morgan fingerprint density at radius 2 is 1.36 bits per heavy atom. The zero-order valence-electron chi connectivity index (χ0n) is 14.5. The molecular weight excluding hydrogens is 320 g/mol. The predicted octanol–water partition coefficient (Wildman–Crippen LogP) is 2.16. The van der Waals surface area contributed by atoms with Crippen molar-refractivity contribution in [1.29, 1.82) is 0 Å². The molecule has 0 fully saturated rings. The molecule has 2 N–H and O–H groups in total. The van der Waals surface area contributed by atoms with Gasteiger partial charge < -0.3 is 24.4 Å². The average molecular weight is 346 g/mol. The SMILES string of the molecule is COC[C@@H](O)[C@H](OCc1ccccc1)[C@@H](CO)OCc1ccccc1. The Morgan fingerprint density at radius 1 is 0.840 bits per heavy atom. The van der Waals surface area contributed by atoms with Crippen molar-refractivity contribution in [3.63, 3.8) is 0 Å². The highest BCUT2D eigenvalue weighted by molar-refractivity contribution is 5.14. The second-order valence-electron chi connectivity index (χ2n) is 5.80. The van der Waals surface area contributed by atoms with Crippen molar-refractivity contribution < 1.29 is 24.4 Å². The van der Waals surface area contributed by atoms with Gasteiger partial charge >= 0.3 is 0 Å². The third-order valence-electron chi connectivity index (χ3n) is 3.86. The van der Waals surface area contributed by atoms with Crippen LogP contribution in [0.1, 0.15) is 11.1 Å². The molecule has 25 heavy (non-hydrogen) atoms. The van der Waals surface area contributed by atoms with Crippen LogP contribution in [0.25, 0.3) is 0 Å². The third-order valence-corrected chi connectivity index (χ3v) is 3.86. The molecule has 0 spiro atoms. The van der Waals surface area contributed by atoms with Gasteiger partial charge in [0.1, 0.15) is 18.3 Å². The molecule has 5 heteroatoms. The number of rotatable bonds is 11. The highest BCUT2D eigenvalue weighted by Crippen LogP contribution is 2.15. The maximum absolute atomic E-state index is 10.3. The summed E-state index contributed by atoms with van der Waals surface area (Å²) in [4.78, 5) is 0. The van der Waals surface area contributed by atoms with E-state index >= 15 is 0 Å². The Hall–Kier alpha value is -1.76. The Labute approximate surface area is 148 Å². The van der Waals surface area contributed by atoms with Gasteiger partial charge in [-0.3, -0.25) is 0 Å². The summed E-state index contributed by atoms with van der Waals surface area (Å²) in [6.45, 7) is 0.492. The Morgan fingerprint density at radius 3 is 1.84 bits per heavy atom. The van der Waals surface area contributed by atoms with Gasteiger partial charge in [-0.15, -0.1) is 0 Å². The van der Waals surface area contributed by atoms with Crippen molar-refractivity contribution >= 4 is 0 Å². The van der Waals surface area contributed by atoms with E-state index in [0.717, 1.165) is 11.1 Å². The van der Waals surface area contributed by atoms with E-state index in [1.807, 2.05) is 60.7 Å². The van der Waals surface area contributed by atoms with Crippen molar-refractivity contribution in [2.75, 3.05) is 20.3 Å². The zero-order valence-corrected chi connectivity index (χ0v) is 14.5. The van der Waals surface area contributed by atoms with Crippen molar-refractivity contribution in [2.45, 2.75) is 31.5 Å². The summed E-state index contributed by atoms with van der Waals surface area (Å²) < 4.78 is 16.7. The third kappa shape index (κ3) is 6.57. The van der Waals surface area contributed by atoms with Gasteiger partial charge in [0.15, 0.2) is 0 Å². The molecule has 0 radical (unpaired) electrons. The number of methoxy groups -OCH3 is 1. The van der Waals surface area contributed by atoms with Gasteiger partial charge in [0.05, 0.1) is 26.4 Å². The fraction of sp³-hybridized carbons (Fsp3) is 0.400. The fourth-order valence-electron chi connectivity index (χ4n) is 2.53. The molecule has 0 unspecified atom stereocenters. The molecule has 0 aliphatic carbocycles. The normalized spacial score (nSPS) is 14.8. The van der Waals surface area contributed by atoms with Gasteiger partial charge in [0.2, 0.25) is 0 Å². The summed E-state index contributed by atoms with van der Waals surface area (Å²) in [6, 6.07) is 19.3. The van der Waals surface area contributed by atoms with E-state index in [-0.39, 0.29) is 13.2 Å². The van der Waals surface area contributed by atoms with Gasteiger partial charge in [0.25, 0.3) is 0 Å². The monoisotopic (exact) mass is 346 g/mol. The largest absolute Gasteiger partial charge is 0.394 e. The van der Waals surface area contributed by atoms with Gasteiger partial charge in [-0.25, -0.2) is 0 Å². The van der Waals surface area contributed by atoms with Crippen molar-refractivity contribution in [3.8, 4) is 0 Å². The summed E-state index contributed by atoms with van der Waals surface area (Å²) in [7, 11) is 1.51. The van der Waals surface area contributed by atoms with E-state index < -0.39 is 18.3 Å². The molecule has 136 valence electrons. The minimum absolute atomic E-state index is 0.102. The van der Waals surface area contributed by atoms with Gasteiger partial charge in [0, 0.05) is 7.11 Å². The van der Waals surface area contributed by atoms with Crippen LogP contribution in [0.15, 0.2) is 60.7 Å². The van der Waals surface area contributed by atoms with E-state index in [2.05, 4.69) is 0 Å². The lowest BCUT2D eigenvalue weighted by atomic mass is 10.1. The first-order chi connectivity index (χ1) is 12.2. The maximum atomic E-state index is 10.3. The molecule has 0 saturated carbocycles. The predicted molar refractivity (Wildman–Crippen MR) is 95.0 cm³/mol. The van der Waals surface area contributed by atoms with Crippen molar-refractivity contribution in [1.82, 2.24) is 0 Å². The Bertz CT molecular complexity index is 575. The molecule has 0 saturated heterocycles. The van der Waals surface area contributed by atoms with E-state index in [4.69, 9.17) is 14.2 Å². The van der Waals surface area contributed by atoms with Crippen LogP contribution in [0.4, 0.5) is 0 Å². The number of hydrogen-bond donors (Lipinski definition) is 2. The number of aliphatic hydroxyl groups excluding tert-OH is 2. The van der Waals surface area contributed by atoms with Crippen LogP contribution in [0, 0.1) is 0 Å². The minimum atomic E-state index is -0.901. The second kappa shape index (κ2) is 11.0. The van der Waals surface area contributed by atoms with E-state index in [9.17, 15) is 10.2 Å². The summed E-state index contributed by atoms with van der Waals surface area (Å²) in [6.07, 6.45) is -2.26. The highest BCUT2D eigenvalue weighted by Gasteiger charge is 2.30. The first-order valence-corrected chi connectivity index (χ1v) is 8.33. The van der Waals surface area contributed by atoms with Gasteiger partial charge in [-0.05, 0) is 11.1 Å². The molecule has 0 amide bonds. The van der Waals surface area contributed by atoms with Gasteiger partial charge in [-0.1, -0.05) is 60.7 Å². The molecule has 2 aromatic rings. The summed E-state index contributed by atoms with van der Waals surface area (Å²) in [5.74, 6) is 0. The van der Waals surface area contributed by atoms with Gasteiger partial charge in [-0.2, -0.15) is 0 Å². The molecule has 5 nitrogen and oxygen atoms in total. The molecule has 0 heterocycles. The topological polar surface area (TPSA) is 68.2 Å². The minimum Gasteiger partial charge on any atom is -0.394 e. The maximum Gasteiger partial charge on any atom is 0.114 e. The fourth-order valence-corrected chi connectivity index (χ4v) is 2.53. The second-order valence-corrected chi connectivity index (χ2v) is 5.80. The number of hydrogen-bond acceptors (Lipinski definition) is 5. The molecule has 0 aliphatic heterocycles. The molecule has 2 rings (SSSR count). The highest BCUT2D eigenvalue weighted by atomic mass is 16.6. The first-order valence-electron chi connectivity index (χ1n) is 8.33. The first kappa shape index (κ1) is 19.6. The lowest BCUT2D eigenvalue weighted by molar-refractivity contribution is -0.154. The lowest BCUT2D eigenvalue weighted by Crippen LogP contribution is -2.45. The molecule has 3 atom stereocenters. The average Bonchev–Trinajstić information content (AvgIpc) is 2.66. The zero-order chi connectivity index (χ0) is 17.9. The standard InChI is InChI=1S/C20H26O5/c1-23-15-18(22)20(25-14-17-10-6-3-7-11-17)19(12-21)24-13-16-8-4-2-5-9-16/h2-11,18-22H,12-15H2,1H3/t18-,19-,20+/m1/s1. The summed E-state index contributed by atoms with van der Waals surface area (Å²) in [5.41, 5.74) is 1.97. The van der Waals surface area contributed by atoms with Crippen molar-refractivity contribution in [2.24, 2.45) is 0 Å². The molecular formula is C20H26O5. The molecule has 0 aliphatic rings. The van der Waals surface area contributed by atoms with Crippen molar-refractivity contribution in [3.05, 3.63) is 71.8 Å². The van der Waals surface area contributed by atoms with Crippen LogP contribution in [-0.2, 0) is 27.4 Å². The van der Waals surface area contributed by atoms with Crippen LogP contribution >= 0.6 is 0 Å². The van der Waals surface area contributed by atoms with E-state index in [1.165, 1.54) is 7.11 Å². The quantitative estimate of drug-likeness (QED) is 0.653.